The molecule has 2 N–H and O–H groups in total. The zero-order chi connectivity index (χ0) is 14.6. The molecule has 0 atom stereocenters. The van der Waals surface area contributed by atoms with E-state index >= 15 is 0 Å². The van der Waals surface area contributed by atoms with Gasteiger partial charge in [0.25, 0.3) is 5.91 Å². The summed E-state index contributed by atoms with van der Waals surface area (Å²) in [6.07, 6.45) is 0. The van der Waals surface area contributed by atoms with Gasteiger partial charge in [0.2, 0.25) is 10.0 Å². The Bertz CT molecular complexity index is 574. The Balaban J connectivity index is 3.07. The first-order valence-electron chi connectivity index (χ1n) is 5.33. The van der Waals surface area contributed by atoms with Gasteiger partial charge in [-0.05, 0) is 18.2 Å². The summed E-state index contributed by atoms with van der Waals surface area (Å²) in [5.74, 6) is -1.35. The third kappa shape index (κ3) is 4.27. The number of benzene rings is 1. The van der Waals surface area contributed by atoms with Crippen molar-refractivity contribution in [1.82, 2.24) is 4.90 Å². The van der Waals surface area contributed by atoms with Crippen molar-refractivity contribution in [3.63, 3.8) is 0 Å². The van der Waals surface area contributed by atoms with Crippen molar-refractivity contribution in [1.29, 1.82) is 0 Å². The number of carbonyl (C=O) groups is 1. The van der Waals surface area contributed by atoms with Crippen LogP contribution in [0.25, 0.3) is 0 Å². The highest BCUT2D eigenvalue weighted by Gasteiger charge is 2.17. The van der Waals surface area contributed by atoms with Crippen LogP contribution >= 0.6 is 0 Å². The van der Waals surface area contributed by atoms with Gasteiger partial charge >= 0.3 is 0 Å². The highest BCUT2D eigenvalue weighted by atomic mass is 32.2. The molecular formula is C11H15FN2O4S. The summed E-state index contributed by atoms with van der Waals surface area (Å²) < 4.78 is 40.5. The van der Waals surface area contributed by atoms with Crippen LogP contribution in [0, 0.1) is 5.82 Å². The van der Waals surface area contributed by atoms with E-state index in [1.807, 2.05) is 0 Å². The van der Waals surface area contributed by atoms with Crippen LogP contribution in [0.5, 0.6) is 0 Å². The van der Waals surface area contributed by atoms with Crippen molar-refractivity contribution in [2.75, 3.05) is 27.3 Å². The van der Waals surface area contributed by atoms with Gasteiger partial charge in [0.05, 0.1) is 11.5 Å². The molecule has 0 aliphatic heterocycles. The largest absolute Gasteiger partial charge is 0.383 e. The lowest BCUT2D eigenvalue weighted by Crippen LogP contribution is -2.30. The maximum Gasteiger partial charge on any atom is 0.253 e. The molecular weight excluding hydrogens is 275 g/mol. The molecule has 0 unspecified atom stereocenters. The average molecular weight is 290 g/mol. The van der Waals surface area contributed by atoms with Crippen LogP contribution in [-0.2, 0) is 14.8 Å². The maximum atomic E-state index is 13.3. The topological polar surface area (TPSA) is 89.7 Å². The number of nitrogens with two attached hydrogens (primary N) is 1. The van der Waals surface area contributed by atoms with Crippen LogP contribution in [0.4, 0.5) is 4.39 Å². The number of amides is 1. The number of hydrogen-bond donors (Lipinski definition) is 1. The van der Waals surface area contributed by atoms with E-state index in [9.17, 15) is 17.6 Å². The minimum atomic E-state index is -4.06. The first-order chi connectivity index (χ1) is 8.75. The predicted octanol–water partition coefficient (Wildman–Crippen LogP) is 0.192. The molecule has 19 heavy (non-hydrogen) atoms. The van der Waals surface area contributed by atoms with Gasteiger partial charge in [-0.1, -0.05) is 0 Å². The highest BCUT2D eigenvalue weighted by Crippen LogP contribution is 2.14. The molecule has 1 rings (SSSR count). The van der Waals surface area contributed by atoms with Gasteiger partial charge in [-0.2, -0.15) is 0 Å². The number of ether oxygens (including phenoxy) is 1. The fourth-order valence-corrected chi connectivity index (χ4v) is 1.97. The second-order valence-corrected chi connectivity index (χ2v) is 5.50. The number of sulfonamides is 1. The number of hydrogen-bond acceptors (Lipinski definition) is 4. The number of likely N-dealkylation sites (N-methyl/N-ethyl adjacent to an activating group) is 1. The quantitative estimate of drug-likeness (QED) is 0.838. The Morgan fingerprint density at radius 1 is 1.42 bits per heavy atom. The molecule has 0 saturated carbocycles. The van der Waals surface area contributed by atoms with E-state index in [2.05, 4.69) is 0 Å². The first kappa shape index (κ1) is 15.5. The summed E-state index contributed by atoms with van der Waals surface area (Å²) in [5.41, 5.74) is -0.0809. The lowest BCUT2D eigenvalue weighted by molar-refractivity contribution is 0.0743. The van der Waals surface area contributed by atoms with Gasteiger partial charge in [-0.15, -0.1) is 0 Å². The number of halogens is 1. The number of carbonyl (C=O) groups excluding carboxylic acids is 1. The van der Waals surface area contributed by atoms with E-state index in [1.165, 1.54) is 19.1 Å². The summed E-state index contributed by atoms with van der Waals surface area (Å²) in [6.45, 7) is 0.621. The molecule has 0 fully saturated rings. The van der Waals surface area contributed by atoms with Crippen LogP contribution in [0.15, 0.2) is 23.1 Å². The van der Waals surface area contributed by atoms with Crippen LogP contribution in [0.1, 0.15) is 10.4 Å². The molecule has 0 saturated heterocycles. The van der Waals surface area contributed by atoms with Crippen molar-refractivity contribution in [3.05, 3.63) is 29.6 Å². The predicted molar refractivity (Wildman–Crippen MR) is 66.6 cm³/mol. The van der Waals surface area contributed by atoms with Gasteiger partial charge in [0, 0.05) is 26.3 Å². The van der Waals surface area contributed by atoms with Gasteiger partial charge in [-0.25, -0.2) is 17.9 Å². The molecule has 6 nitrogen and oxygen atoms in total. The summed E-state index contributed by atoms with van der Waals surface area (Å²) in [7, 11) is -1.07. The molecule has 106 valence electrons. The number of methoxy groups -OCH3 is 1. The fraction of sp³-hybridized carbons (Fsp3) is 0.364. The second-order valence-electron chi connectivity index (χ2n) is 3.94. The van der Waals surface area contributed by atoms with Gasteiger partial charge in [0.1, 0.15) is 5.82 Å². The van der Waals surface area contributed by atoms with Crippen molar-refractivity contribution in [2.24, 2.45) is 5.14 Å². The Morgan fingerprint density at radius 3 is 2.58 bits per heavy atom. The Morgan fingerprint density at radius 2 is 2.05 bits per heavy atom. The van der Waals surface area contributed by atoms with Crippen LogP contribution in [0.3, 0.4) is 0 Å². The average Bonchev–Trinajstić information content (AvgIpc) is 2.33. The Hall–Kier alpha value is -1.51. The molecule has 1 aromatic rings. The lowest BCUT2D eigenvalue weighted by atomic mass is 10.2. The molecule has 1 aromatic carbocycles. The molecule has 8 heteroatoms. The third-order valence-electron chi connectivity index (χ3n) is 2.42. The number of primary sulfonamides is 1. The summed E-state index contributed by atoms with van der Waals surface area (Å²) >= 11 is 0. The molecule has 0 heterocycles. The van der Waals surface area contributed by atoms with E-state index in [1.54, 1.807) is 0 Å². The molecule has 0 aromatic heterocycles. The molecule has 0 bridgehead atoms. The molecule has 0 aliphatic rings. The van der Waals surface area contributed by atoms with Crippen molar-refractivity contribution >= 4 is 15.9 Å². The normalized spacial score (nSPS) is 11.4. The monoisotopic (exact) mass is 290 g/mol. The lowest BCUT2D eigenvalue weighted by Gasteiger charge is -2.17. The van der Waals surface area contributed by atoms with E-state index in [0.717, 1.165) is 18.2 Å². The first-order valence-corrected chi connectivity index (χ1v) is 6.88. The van der Waals surface area contributed by atoms with Crippen LogP contribution < -0.4 is 5.14 Å². The summed E-state index contributed by atoms with van der Waals surface area (Å²) in [4.78, 5) is 12.8. The Kier molecular flexibility index (Phi) is 4.98. The zero-order valence-corrected chi connectivity index (χ0v) is 11.4. The molecule has 0 aliphatic carbocycles. The smallest absolute Gasteiger partial charge is 0.253 e. The van der Waals surface area contributed by atoms with E-state index in [4.69, 9.17) is 9.88 Å². The van der Waals surface area contributed by atoms with E-state index in [-0.39, 0.29) is 5.56 Å². The molecule has 0 spiro atoms. The van der Waals surface area contributed by atoms with Crippen LogP contribution in [-0.4, -0.2) is 46.5 Å². The standard InChI is InChI=1S/C11H15FN2O4S/c1-14(3-4-18-2)11(15)8-5-9(12)7-10(6-8)19(13,16)17/h5-7H,3-4H2,1-2H3,(H2,13,16,17). The van der Waals surface area contributed by atoms with Gasteiger partial charge in [-0.3, -0.25) is 4.79 Å². The van der Waals surface area contributed by atoms with E-state index < -0.39 is 26.6 Å². The number of nitrogens with zero attached hydrogens (tertiary/aromatic N) is 1. The maximum absolute atomic E-state index is 13.3. The zero-order valence-electron chi connectivity index (χ0n) is 10.6. The molecule has 0 radical (unpaired) electrons. The van der Waals surface area contributed by atoms with Crippen LogP contribution in [0.2, 0.25) is 0 Å². The fourth-order valence-electron chi connectivity index (χ4n) is 1.40. The number of rotatable bonds is 5. The summed E-state index contributed by atoms with van der Waals surface area (Å²) in [5, 5.41) is 4.91. The minimum absolute atomic E-state index is 0.0809. The molecule has 1 amide bonds. The minimum Gasteiger partial charge on any atom is -0.383 e. The summed E-state index contributed by atoms with van der Waals surface area (Å²) in [6, 6.07) is 2.77. The third-order valence-corrected chi connectivity index (χ3v) is 3.32. The van der Waals surface area contributed by atoms with Crippen molar-refractivity contribution < 1.29 is 22.3 Å². The van der Waals surface area contributed by atoms with Crippen molar-refractivity contribution in [2.45, 2.75) is 4.90 Å². The van der Waals surface area contributed by atoms with Crippen molar-refractivity contribution in [3.8, 4) is 0 Å². The highest BCUT2D eigenvalue weighted by molar-refractivity contribution is 7.89. The van der Waals surface area contributed by atoms with Gasteiger partial charge in [0.15, 0.2) is 0 Å². The Labute approximate surface area is 111 Å². The van der Waals surface area contributed by atoms with E-state index in [0.29, 0.717) is 13.2 Å². The van der Waals surface area contributed by atoms with Gasteiger partial charge < -0.3 is 9.64 Å². The second kappa shape index (κ2) is 6.09. The SMILES string of the molecule is COCCN(C)C(=O)c1cc(F)cc(S(N)(=O)=O)c1.